The number of ketones is 3. The number of Topliss-reactive ketones (excluding diaryl/α,β-unsaturated/α-hetero) is 3. The van der Waals surface area contributed by atoms with E-state index in [1.807, 2.05) is 0 Å². The van der Waals surface area contributed by atoms with E-state index in [2.05, 4.69) is 4.98 Å². The summed E-state index contributed by atoms with van der Waals surface area (Å²) in [6.45, 7) is 1.51. The van der Waals surface area contributed by atoms with E-state index in [0.717, 1.165) is 6.20 Å². The van der Waals surface area contributed by atoms with Crippen molar-refractivity contribution in [3.05, 3.63) is 24.0 Å². The van der Waals surface area contributed by atoms with E-state index in [1.54, 1.807) is 0 Å². The maximum atomic E-state index is 12.2. The van der Waals surface area contributed by atoms with Gasteiger partial charge >= 0.3 is 0 Å². The van der Waals surface area contributed by atoms with Crippen molar-refractivity contribution in [2.24, 2.45) is 5.92 Å². The summed E-state index contributed by atoms with van der Waals surface area (Å²) in [7, 11) is -3.39. The highest BCUT2D eigenvalue weighted by atomic mass is 32.2. The quantitative estimate of drug-likeness (QED) is 0.608. The Hall–Kier alpha value is -1.89. The highest BCUT2D eigenvalue weighted by Crippen LogP contribution is 2.21. The van der Waals surface area contributed by atoms with Crippen molar-refractivity contribution in [1.29, 1.82) is 0 Å². The SMILES string of the molecule is CCS(=O)(=O)c1ccc(C(=O)C2C(=O)CCCC2=O)nc1. The van der Waals surface area contributed by atoms with Crippen LogP contribution < -0.4 is 0 Å². The van der Waals surface area contributed by atoms with Gasteiger partial charge in [-0.15, -0.1) is 0 Å². The summed E-state index contributed by atoms with van der Waals surface area (Å²) in [6, 6.07) is 2.52. The lowest BCUT2D eigenvalue weighted by Gasteiger charge is -2.17. The molecule has 0 unspecified atom stereocenters. The lowest BCUT2D eigenvalue weighted by atomic mass is 9.83. The third-order valence-corrected chi connectivity index (χ3v) is 5.20. The number of sulfone groups is 1. The number of nitrogens with zero attached hydrogens (tertiary/aromatic N) is 1. The molecule has 7 heteroatoms. The lowest BCUT2D eigenvalue weighted by Crippen LogP contribution is -2.35. The summed E-state index contributed by atoms with van der Waals surface area (Å²) in [4.78, 5) is 39.5. The number of hydrogen-bond acceptors (Lipinski definition) is 6. The summed E-state index contributed by atoms with van der Waals surface area (Å²) in [5.74, 6) is -2.77. The average molecular weight is 309 g/mol. The average Bonchev–Trinajstić information content (AvgIpc) is 2.47. The van der Waals surface area contributed by atoms with Crippen LogP contribution in [0.4, 0.5) is 0 Å². The molecule has 0 radical (unpaired) electrons. The molecule has 0 saturated heterocycles. The van der Waals surface area contributed by atoms with Gasteiger partial charge in [0.15, 0.2) is 27.2 Å². The molecule has 0 bridgehead atoms. The standard InChI is InChI=1S/C14H15NO5S/c1-2-21(19,20)9-6-7-10(15-8-9)14(18)13-11(16)4-3-5-12(13)17/h6-8,13H,2-5H2,1H3. The number of carbonyl (C=O) groups excluding carboxylic acids is 3. The Bertz CT molecular complexity index is 675. The molecule has 1 saturated carbocycles. The third kappa shape index (κ3) is 3.07. The predicted octanol–water partition coefficient (Wildman–Crippen LogP) is 0.996. The molecule has 6 nitrogen and oxygen atoms in total. The molecule has 2 rings (SSSR count). The highest BCUT2D eigenvalue weighted by molar-refractivity contribution is 7.91. The minimum absolute atomic E-state index is 0.0165. The monoisotopic (exact) mass is 309 g/mol. The molecule has 0 aliphatic heterocycles. The van der Waals surface area contributed by atoms with Crippen molar-refractivity contribution >= 4 is 27.2 Å². The van der Waals surface area contributed by atoms with Gasteiger partial charge in [-0.25, -0.2) is 8.42 Å². The van der Waals surface area contributed by atoms with Crippen molar-refractivity contribution in [3.8, 4) is 0 Å². The van der Waals surface area contributed by atoms with Gasteiger partial charge in [0.05, 0.1) is 10.6 Å². The summed E-state index contributed by atoms with van der Waals surface area (Å²) in [6.07, 6.45) is 1.99. The van der Waals surface area contributed by atoms with Gasteiger partial charge in [0, 0.05) is 19.0 Å². The second kappa shape index (κ2) is 5.85. The fourth-order valence-electron chi connectivity index (χ4n) is 2.22. The van der Waals surface area contributed by atoms with Crippen molar-refractivity contribution in [3.63, 3.8) is 0 Å². The smallest absolute Gasteiger partial charge is 0.199 e. The molecule has 1 aliphatic rings. The van der Waals surface area contributed by atoms with Gasteiger partial charge in [0.2, 0.25) is 0 Å². The number of hydrogen-bond donors (Lipinski definition) is 0. The minimum atomic E-state index is -3.39. The van der Waals surface area contributed by atoms with Crippen LogP contribution in [0.1, 0.15) is 36.7 Å². The van der Waals surface area contributed by atoms with Gasteiger partial charge in [-0.3, -0.25) is 19.4 Å². The Morgan fingerprint density at radius 1 is 1.24 bits per heavy atom. The van der Waals surface area contributed by atoms with Gasteiger partial charge in [-0.2, -0.15) is 0 Å². The number of aromatic nitrogens is 1. The Morgan fingerprint density at radius 2 is 1.86 bits per heavy atom. The zero-order valence-electron chi connectivity index (χ0n) is 11.5. The molecular formula is C14H15NO5S. The summed E-state index contributed by atoms with van der Waals surface area (Å²) in [5.41, 5.74) is -0.0568. The fraction of sp³-hybridized carbons (Fsp3) is 0.429. The number of rotatable bonds is 4. The van der Waals surface area contributed by atoms with Crippen LogP contribution in [0.25, 0.3) is 0 Å². The molecule has 0 N–H and O–H groups in total. The van der Waals surface area contributed by atoms with E-state index >= 15 is 0 Å². The Morgan fingerprint density at radius 3 is 2.33 bits per heavy atom. The van der Waals surface area contributed by atoms with Crippen LogP contribution in [0, 0.1) is 5.92 Å². The fourth-order valence-corrected chi connectivity index (χ4v) is 3.04. The van der Waals surface area contributed by atoms with Gasteiger partial charge in [-0.1, -0.05) is 6.92 Å². The molecule has 1 aromatic rings. The maximum Gasteiger partial charge on any atom is 0.199 e. The van der Waals surface area contributed by atoms with Gasteiger partial charge in [-0.05, 0) is 18.6 Å². The van der Waals surface area contributed by atoms with Crippen LogP contribution in [0.2, 0.25) is 0 Å². The van der Waals surface area contributed by atoms with E-state index in [0.29, 0.717) is 6.42 Å². The van der Waals surface area contributed by atoms with Crippen LogP contribution in [0.15, 0.2) is 23.2 Å². The zero-order valence-corrected chi connectivity index (χ0v) is 12.4. The number of carbonyl (C=O) groups is 3. The van der Waals surface area contributed by atoms with Crippen LogP contribution in [0.5, 0.6) is 0 Å². The van der Waals surface area contributed by atoms with E-state index in [-0.39, 0.29) is 40.8 Å². The van der Waals surface area contributed by atoms with Gasteiger partial charge in [0.1, 0.15) is 11.6 Å². The van der Waals surface area contributed by atoms with E-state index in [4.69, 9.17) is 0 Å². The van der Waals surface area contributed by atoms with Crippen LogP contribution in [0.3, 0.4) is 0 Å². The molecule has 21 heavy (non-hydrogen) atoms. The molecule has 112 valence electrons. The third-order valence-electron chi connectivity index (χ3n) is 3.48. The second-order valence-corrected chi connectivity index (χ2v) is 7.14. The molecule has 0 amide bonds. The van der Waals surface area contributed by atoms with Crippen LogP contribution >= 0.6 is 0 Å². The Kier molecular flexibility index (Phi) is 4.32. The molecule has 1 fully saturated rings. The summed E-state index contributed by atoms with van der Waals surface area (Å²) < 4.78 is 23.3. The first-order chi connectivity index (χ1) is 9.86. The topological polar surface area (TPSA) is 98.2 Å². The maximum absolute atomic E-state index is 12.2. The lowest BCUT2D eigenvalue weighted by molar-refractivity contribution is -0.133. The Labute approximate surface area is 122 Å². The predicted molar refractivity (Wildman–Crippen MR) is 73.6 cm³/mol. The zero-order chi connectivity index (χ0) is 15.6. The first-order valence-corrected chi connectivity index (χ1v) is 8.30. The van der Waals surface area contributed by atoms with Crippen molar-refractivity contribution in [1.82, 2.24) is 4.98 Å². The minimum Gasteiger partial charge on any atom is -0.298 e. The molecular weight excluding hydrogens is 294 g/mol. The Balaban J connectivity index is 2.28. The second-order valence-electron chi connectivity index (χ2n) is 4.87. The highest BCUT2D eigenvalue weighted by Gasteiger charge is 2.37. The molecule has 1 heterocycles. The van der Waals surface area contributed by atoms with Gasteiger partial charge < -0.3 is 0 Å². The van der Waals surface area contributed by atoms with Gasteiger partial charge in [0.25, 0.3) is 0 Å². The van der Waals surface area contributed by atoms with Crippen molar-refractivity contribution in [2.75, 3.05) is 5.75 Å². The molecule has 0 atom stereocenters. The van der Waals surface area contributed by atoms with Crippen LogP contribution in [-0.4, -0.2) is 36.5 Å². The van der Waals surface area contributed by atoms with E-state index in [1.165, 1.54) is 19.1 Å². The normalized spacial score (nSPS) is 17.0. The molecule has 0 aromatic carbocycles. The van der Waals surface area contributed by atoms with E-state index < -0.39 is 21.5 Å². The molecule has 1 aliphatic carbocycles. The summed E-state index contributed by atoms with van der Waals surface area (Å²) >= 11 is 0. The van der Waals surface area contributed by atoms with Crippen molar-refractivity contribution < 1.29 is 22.8 Å². The first-order valence-electron chi connectivity index (χ1n) is 6.65. The van der Waals surface area contributed by atoms with E-state index in [9.17, 15) is 22.8 Å². The number of pyridine rings is 1. The van der Waals surface area contributed by atoms with Crippen molar-refractivity contribution in [2.45, 2.75) is 31.1 Å². The van der Waals surface area contributed by atoms with Crippen LogP contribution in [-0.2, 0) is 19.4 Å². The molecule has 1 aromatic heterocycles. The molecule has 0 spiro atoms. The summed E-state index contributed by atoms with van der Waals surface area (Å²) in [5, 5.41) is 0. The largest absolute Gasteiger partial charge is 0.298 e. The first kappa shape index (κ1) is 15.5.